The summed E-state index contributed by atoms with van der Waals surface area (Å²) >= 11 is 0. The van der Waals surface area contributed by atoms with Crippen molar-refractivity contribution in [1.29, 1.82) is 0 Å². The van der Waals surface area contributed by atoms with Crippen molar-refractivity contribution in [2.75, 3.05) is 20.2 Å². The predicted molar refractivity (Wildman–Crippen MR) is 94.1 cm³/mol. The second-order valence-corrected chi connectivity index (χ2v) is 6.41. The molecule has 1 saturated heterocycles. The van der Waals surface area contributed by atoms with Gasteiger partial charge >= 0.3 is 0 Å². The smallest absolute Gasteiger partial charge is 0.253 e. The van der Waals surface area contributed by atoms with Crippen LogP contribution in [0.4, 0.5) is 0 Å². The van der Waals surface area contributed by atoms with Crippen molar-refractivity contribution >= 4 is 5.91 Å². The third-order valence-electron chi connectivity index (χ3n) is 4.22. The van der Waals surface area contributed by atoms with Crippen LogP contribution in [0.1, 0.15) is 34.3 Å². The van der Waals surface area contributed by atoms with Crippen molar-refractivity contribution in [1.82, 2.24) is 14.9 Å². The van der Waals surface area contributed by atoms with Gasteiger partial charge in [0.25, 0.3) is 5.91 Å². The first-order valence-corrected chi connectivity index (χ1v) is 8.45. The summed E-state index contributed by atoms with van der Waals surface area (Å²) in [7, 11) is 1.54. The van der Waals surface area contributed by atoms with Gasteiger partial charge in [-0.1, -0.05) is 17.2 Å². The Morgan fingerprint density at radius 1 is 1.16 bits per heavy atom. The molecule has 0 saturated carbocycles. The fourth-order valence-corrected chi connectivity index (χ4v) is 3.16. The van der Waals surface area contributed by atoms with E-state index in [1.165, 1.54) is 6.20 Å². The average Bonchev–Trinajstić information content (AvgIpc) is 2.60. The fourth-order valence-electron chi connectivity index (χ4n) is 3.16. The molecule has 3 rings (SSSR count). The number of hydrogen-bond donors (Lipinski definition) is 0. The van der Waals surface area contributed by atoms with E-state index >= 15 is 0 Å². The van der Waals surface area contributed by atoms with E-state index in [0.717, 1.165) is 36.1 Å². The number of amides is 1. The maximum atomic E-state index is 12.8. The molecule has 1 aromatic carbocycles. The number of rotatable bonds is 4. The lowest BCUT2D eigenvalue weighted by Gasteiger charge is -2.32. The highest BCUT2D eigenvalue weighted by Gasteiger charge is 2.26. The number of carbonyl (C=O) groups excluding carboxylic acids is 1. The third kappa shape index (κ3) is 4.26. The molecule has 1 amide bonds. The second kappa shape index (κ2) is 7.51. The summed E-state index contributed by atoms with van der Waals surface area (Å²) in [6.07, 6.45) is 4.79. The minimum atomic E-state index is -0.0926. The van der Waals surface area contributed by atoms with E-state index < -0.39 is 0 Å². The summed E-state index contributed by atoms with van der Waals surface area (Å²) in [6, 6.07) is 5.95. The molecule has 2 heterocycles. The number of aromatic nitrogens is 2. The van der Waals surface area contributed by atoms with Crippen molar-refractivity contribution in [2.24, 2.45) is 0 Å². The lowest BCUT2D eigenvalue weighted by molar-refractivity contribution is 0.0525. The van der Waals surface area contributed by atoms with Gasteiger partial charge in [-0.25, -0.2) is 0 Å². The third-order valence-corrected chi connectivity index (χ3v) is 4.22. The maximum absolute atomic E-state index is 12.8. The first-order valence-electron chi connectivity index (χ1n) is 8.45. The van der Waals surface area contributed by atoms with Gasteiger partial charge in [0, 0.05) is 12.1 Å². The van der Waals surface area contributed by atoms with Gasteiger partial charge in [-0.15, -0.1) is 0 Å². The summed E-state index contributed by atoms with van der Waals surface area (Å²) in [5, 5.41) is 0. The van der Waals surface area contributed by atoms with E-state index in [9.17, 15) is 4.79 Å². The van der Waals surface area contributed by atoms with Crippen LogP contribution in [-0.2, 0) is 0 Å². The van der Waals surface area contributed by atoms with Gasteiger partial charge < -0.3 is 14.4 Å². The first kappa shape index (κ1) is 17.2. The zero-order valence-electron chi connectivity index (χ0n) is 14.9. The quantitative estimate of drug-likeness (QED) is 0.855. The molecule has 0 bridgehead atoms. The highest BCUT2D eigenvalue weighted by Crippen LogP contribution is 2.20. The van der Waals surface area contributed by atoms with Gasteiger partial charge in [0.2, 0.25) is 11.8 Å². The van der Waals surface area contributed by atoms with Crippen LogP contribution in [0.2, 0.25) is 0 Å². The molecule has 0 spiro atoms. The molecular formula is C19H23N3O3. The number of methoxy groups -OCH3 is 1. The molecule has 1 aromatic heterocycles. The summed E-state index contributed by atoms with van der Waals surface area (Å²) in [5.41, 5.74) is 2.93. The van der Waals surface area contributed by atoms with Crippen LogP contribution in [0.3, 0.4) is 0 Å². The van der Waals surface area contributed by atoms with E-state index in [0.29, 0.717) is 18.3 Å². The van der Waals surface area contributed by atoms with E-state index in [-0.39, 0.29) is 12.0 Å². The van der Waals surface area contributed by atoms with Crippen molar-refractivity contribution in [3.63, 3.8) is 0 Å². The van der Waals surface area contributed by atoms with Crippen molar-refractivity contribution in [3.8, 4) is 11.8 Å². The molecular weight excluding hydrogens is 318 g/mol. The summed E-state index contributed by atoms with van der Waals surface area (Å²) in [5.74, 6) is 0.887. The van der Waals surface area contributed by atoms with E-state index in [1.807, 2.05) is 30.9 Å². The number of piperidine rings is 1. The number of aryl methyl sites for hydroxylation is 2. The van der Waals surface area contributed by atoms with E-state index in [4.69, 9.17) is 9.47 Å². The van der Waals surface area contributed by atoms with Gasteiger partial charge in [0.1, 0.15) is 6.10 Å². The van der Waals surface area contributed by atoms with Crippen LogP contribution in [0.5, 0.6) is 11.8 Å². The summed E-state index contributed by atoms with van der Waals surface area (Å²) < 4.78 is 11.0. The number of ether oxygens (including phenoxy) is 2. The van der Waals surface area contributed by atoms with Gasteiger partial charge in [-0.2, -0.15) is 4.98 Å². The first-order chi connectivity index (χ1) is 12.0. The Kier molecular flexibility index (Phi) is 5.16. The summed E-state index contributed by atoms with van der Waals surface area (Å²) in [6.45, 7) is 5.31. The van der Waals surface area contributed by atoms with Crippen molar-refractivity contribution in [3.05, 3.63) is 47.3 Å². The molecule has 0 radical (unpaired) electrons. The Labute approximate surface area is 147 Å². The Bertz CT molecular complexity index is 743. The topological polar surface area (TPSA) is 64.6 Å². The monoisotopic (exact) mass is 341 g/mol. The van der Waals surface area contributed by atoms with Crippen LogP contribution >= 0.6 is 0 Å². The molecule has 1 fully saturated rings. The lowest BCUT2D eigenvalue weighted by Crippen LogP contribution is -2.44. The van der Waals surface area contributed by atoms with Crippen LogP contribution < -0.4 is 9.47 Å². The number of benzene rings is 1. The Morgan fingerprint density at radius 2 is 1.88 bits per heavy atom. The van der Waals surface area contributed by atoms with Gasteiger partial charge in [0.15, 0.2) is 0 Å². The van der Waals surface area contributed by atoms with Crippen LogP contribution in [0.15, 0.2) is 30.6 Å². The SMILES string of the molecule is COc1cncc(OC2CCCN(C(=O)c3cc(C)cc(C)c3)C2)n1. The Hall–Kier alpha value is -2.63. The lowest BCUT2D eigenvalue weighted by atomic mass is 10.0. The molecule has 6 heteroatoms. The molecule has 1 atom stereocenters. The van der Waals surface area contributed by atoms with E-state index in [2.05, 4.69) is 16.0 Å². The molecule has 1 aliphatic heterocycles. The van der Waals surface area contributed by atoms with Crippen molar-refractivity contribution in [2.45, 2.75) is 32.8 Å². The zero-order valence-corrected chi connectivity index (χ0v) is 14.9. The molecule has 0 N–H and O–H groups in total. The molecule has 1 aliphatic rings. The molecule has 2 aromatic rings. The number of nitrogens with zero attached hydrogens (tertiary/aromatic N) is 3. The van der Waals surface area contributed by atoms with Gasteiger partial charge in [-0.3, -0.25) is 9.78 Å². The Balaban J connectivity index is 1.69. The molecule has 132 valence electrons. The Morgan fingerprint density at radius 3 is 2.60 bits per heavy atom. The number of hydrogen-bond acceptors (Lipinski definition) is 5. The largest absolute Gasteiger partial charge is 0.480 e. The van der Waals surface area contributed by atoms with Gasteiger partial charge in [-0.05, 0) is 38.8 Å². The second-order valence-electron chi connectivity index (χ2n) is 6.41. The molecule has 0 aliphatic carbocycles. The highest BCUT2D eigenvalue weighted by atomic mass is 16.5. The normalized spacial score (nSPS) is 17.2. The average molecular weight is 341 g/mol. The summed E-state index contributed by atoms with van der Waals surface area (Å²) in [4.78, 5) is 23.0. The maximum Gasteiger partial charge on any atom is 0.253 e. The predicted octanol–water partition coefficient (Wildman–Crippen LogP) is 2.79. The standard InChI is InChI=1S/C19H23N3O3/c1-13-7-14(2)9-15(8-13)19(23)22-6-4-5-16(12-22)25-18-11-20-10-17(21-18)24-3/h7-11,16H,4-6,12H2,1-3H3. The molecule has 1 unspecified atom stereocenters. The number of likely N-dealkylation sites (tertiary alicyclic amines) is 1. The molecule has 25 heavy (non-hydrogen) atoms. The van der Waals surface area contributed by atoms with E-state index in [1.54, 1.807) is 13.3 Å². The van der Waals surface area contributed by atoms with Crippen LogP contribution in [-0.4, -0.2) is 47.1 Å². The van der Waals surface area contributed by atoms with Crippen LogP contribution in [0.25, 0.3) is 0 Å². The minimum absolute atomic E-state index is 0.0526. The minimum Gasteiger partial charge on any atom is -0.480 e. The highest BCUT2D eigenvalue weighted by molar-refractivity contribution is 5.94. The molecule has 6 nitrogen and oxygen atoms in total. The van der Waals surface area contributed by atoms with Crippen molar-refractivity contribution < 1.29 is 14.3 Å². The fraction of sp³-hybridized carbons (Fsp3) is 0.421. The van der Waals surface area contributed by atoms with Gasteiger partial charge in [0.05, 0.1) is 26.0 Å². The van der Waals surface area contributed by atoms with Crippen LogP contribution in [0, 0.1) is 13.8 Å². The number of carbonyl (C=O) groups is 1. The zero-order chi connectivity index (χ0) is 17.8.